The Hall–Kier alpha value is -3.10. The van der Waals surface area contributed by atoms with Crippen molar-refractivity contribution >= 4 is 52.5 Å². The van der Waals surface area contributed by atoms with Crippen molar-refractivity contribution in [3.8, 4) is 0 Å². The Morgan fingerprint density at radius 1 is 0.675 bits per heavy atom. The number of nitrogens with one attached hydrogen (secondary N) is 4. The van der Waals surface area contributed by atoms with Crippen LogP contribution in [0.4, 0.5) is 9.59 Å². The minimum atomic E-state index is -0.617. The summed E-state index contributed by atoms with van der Waals surface area (Å²) in [6.07, 6.45) is -1.11. The van der Waals surface area contributed by atoms with Crippen LogP contribution in [0.25, 0.3) is 0 Å². The number of carbonyl (C=O) groups is 5. The van der Waals surface area contributed by atoms with Gasteiger partial charge in [0, 0.05) is 61.2 Å². The third kappa shape index (κ3) is 16.8. The lowest BCUT2D eigenvalue weighted by Gasteiger charge is -2.23. The molecular formula is C27H42IN5O7. The molecule has 40 heavy (non-hydrogen) atoms. The molecule has 5 amide bonds. The molecule has 0 radical (unpaired) electrons. The zero-order chi connectivity index (χ0) is 30.3. The number of alkyl carbamates (subject to hydrolysis) is 2. The summed E-state index contributed by atoms with van der Waals surface area (Å²) in [5, 5.41) is 10.5. The standard InChI is InChI=1S/C27H42IN5O7/c1-26(2,3)39-24(37)31-15-13-29-21(34)11-17-33(23(36)19-7-9-20(28)10-8-19)18-12-22(35)30-14-16-32-25(38)40-27(4,5)6/h7-10H,11-18H2,1-6H3,(H,29,34)(H,30,35)(H,31,37)(H,32,38). The van der Waals surface area contributed by atoms with Crippen LogP contribution in [0.5, 0.6) is 0 Å². The van der Waals surface area contributed by atoms with E-state index in [-0.39, 0.29) is 69.8 Å². The SMILES string of the molecule is CC(C)(C)OC(=O)NCCNC(=O)CCN(CCC(=O)NCCNC(=O)OC(C)(C)C)C(=O)c1ccc(I)cc1. The van der Waals surface area contributed by atoms with Crippen molar-refractivity contribution in [3.05, 3.63) is 33.4 Å². The highest BCUT2D eigenvalue weighted by atomic mass is 127. The van der Waals surface area contributed by atoms with E-state index in [0.29, 0.717) is 5.56 Å². The largest absolute Gasteiger partial charge is 0.444 e. The van der Waals surface area contributed by atoms with Gasteiger partial charge in [0.15, 0.2) is 0 Å². The van der Waals surface area contributed by atoms with Gasteiger partial charge in [0.25, 0.3) is 5.91 Å². The van der Waals surface area contributed by atoms with Gasteiger partial charge in [0.2, 0.25) is 11.8 Å². The fraction of sp³-hybridized carbons (Fsp3) is 0.593. The molecule has 0 spiro atoms. The number of hydrogen-bond acceptors (Lipinski definition) is 7. The Morgan fingerprint density at radius 2 is 1.05 bits per heavy atom. The van der Waals surface area contributed by atoms with Gasteiger partial charge in [-0.1, -0.05) is 0 Å². The molecule has 1 aromatic rings. The summed E-state index contributed by atoms with van der Waals surface area (Å²) >= 11 is 2.14. The normalized spacial score (nSPS) is 11.2. The molecule has 0 atom stereocenters. The summed E-state index contributed by atoms with van der Waals surface area (Å²) in [6, 6.07) is 7.01. The minimum absolute atomic E-state index is 0.0178. The van der Waals surface area contributed by atoms with E-state index in [2.05, 4.69) is 43.9 Å². The Balaban J connectivity index is 2.55. The second-order valence-corrected chi connectivity index (χ2v) is 12.1. The first-order valence-electron chi connectivity index (χ1n) is 13.1. The topological polar surface area (TPSA) is 155 Å². The van der Waals surface area contributed by atoms with Gasteiger partial charge < -0.3 is 35.6 Å². The fourth-order valence-corrected chi connectivity index (χ4v) is 3.46. The molecule has 0 bridgehead atoms. The Bertz CT molecular complexity index is 952. The van der Waals surface area contributed by atoms with E-state index in [1.807, 2.05) is 0 Å². The molecule has 4 N–H and O–H groups in total. The van der Waals surface area contributed by atoms with E-state index in [1.165, 1.54) is 4.90 Å². The second-order valence-electron chi connectivity index (χ2n) is 10.9. The minimum Gasteiger partial charge on any atom is -0.444 e. The highest BCUT2D eigenvalue weighted by Gasteiger charge is 2.19. The van der Waals surface area contributed by atoms with Crippen LogP contribution in [0, 0.1) is 3.57 Å². The van der Waals surface area contributed by atoms with Crippen LogP contribution in [0.2, 0.25) is 0 Å². The van der Waals surface area contributed by atoms with Crippen LogP contribution in [-0.4, -0.2) is 85.3 Å². The van der Waals surface area contributed by atoms with Crippen molar-refractivity contribution in [2.45, 2.75) is 65.6 Å². The number of benzene rings is 1. The van der Waals surface area contributed by atoms with Gasteiger partial charge in [0.1, 0.15) is 11.2 Å². The van der Waals surface area contributed by atoms with Gasteiger partial charge in [-0.15, -0.1) is 0 Å². The predicted molar refractivity (Wildman–Crippen MR) is 159 cm³/mol. The van der Waals surface area contributed by atoms with Crippen molar-refractivity contribution in [2.24, 2.45) is 0 Å². The van der Waals surface area contributed by atoms with Crippen molar-refractivity contribution in [3.63, 3.8) is 0 Å². The molecule has 0 aromatic heterocycles. The maximum absolute atomic E-state index is 13.1. The zero-order valence-electron chi connectivity index (χ0n) is 24.1. The van der Waals surface area contributed by atoms with Gasteiger partial charge in [-0.05, 0) is 88.4 Å². The van der Waals surface area contributed by atoms with Crippen LogP contribution in [0.15, 0.2) is 24.3 Å². The van der Waals surface area contributed by atoms with E-state index in [9.17, 15) is 24.0 Å². The highest BCUT2D eigenvalue weighted by Crippen LogP contribution is 2.11. The van der Waals surface area contributed by atoms with E-state index in [0.717, 1.165) is 3.57 Å². The van der Waals surface area contributed by atoms with Crippen molar-refractivity contribution in [1.82, 2.24) is 26.2 Å². The van der Waals surface area contributed by atoms with Crippen LogP contribution in [0.3, 0.4) is 0 Å². The molecule has 0 heterocycles. The Kier molecular flexibility index (Phi) is 14.7. The first-order chi connectivity index (χ1) is 18.6. The van der Waals surface area contributed by atoms with E-state index >= 15 is 0 Å². The molecule has 12 nitrogen and oxygen atoms in total. The smallest absolute Gasteiger partial charge is 0.407 e. The Labute approximate surface area is 249 Å². The molecule has 0 fully saturated rings. The third-order valence-corrected chi connectivity index (χ3v) is 5.55. The molecule has 0 aliphatic carbocycles. The van der Waals surface area contributed by atoms with Crippen molar-refractivity contribution < 1.29 is 33.4 Å². The molecule has 0 unspecified atom stereocenters. The van der Waals surface area contributed by atoms with Gasteiger partial charge in [-0.25, -0.2) is 9.59 Å². The summed E-state index contributed by atoms with van der Waals surface area (Å²) in [7, 11) is 0. The molecule has 0 aliphatic heterocycles. The second kappa shape index (κ2) is 16.9. The summed E-state index contributed by atoms with van der Waals surface area (Å²) in [4.78, 5) is 62.7. The highest BCUT2D eigenvalue weighted by molar-refractivity contribution is 14.1. The third-order valence-electron chi connectivity index (χ3n) is 4.83. The van der Waals surface area contributed by atoms with E-state index in [4.69, 9.17) is 9.47 Å². The summed E-state index contributed by atoms with van der Waals surface area (Å²) in [6.45, 7) is 11.5. The number of ether oxygens (including phenoxy) is 2. The summed E-state index contributed by atoms with van der Waals surface area (Å²) in [5.74, 6) is -0.900. The van der Waals surface area contributed by atoms with Crippen LogP contribution in [0.1, 0.15) is 64.7 Å². The van der Waals surface area contributed by atoms with E-state index < -0.39 is 23.4 Å². The first-order valence-corrected chi connectivity index (χ1v) is 14.2. The van der Waals surface area contributed by atoms with Crippen LogP contribution in [-0.2, 0) is 19.1 Å². The quantitative estimate of drug-likeness (QED) is 0.185. The van der Waals surface area contributed by atoms with Crippen molar-refractivity contribution in [2.75, 3.05) is 39.3 Å². The molecule has 0 aliphatic rings. The lowest BCUT2D eigenvalue weighted by molar-refractivity contribution is -0.121. The monoisotopic (exact) mass is 675 g/mol. The molecule has 224 valence electrons. The molecule has 13 heteroatoms. The molecule has 1 rings (SSSR count). The number of amides is 5. The average Bonchev–Trinajstić information content (AvgIpc) is 2.82. The molecule has 0 saturated carbocycles. The van der Waals surface area contributed by atoms with Gasteiger partial charge in [-0.3, -0.25) is 14.4 Å². The summed E-state index contributed by atoms with van der Waals surface area (Å²) in [5.41, 5.74) is -0.785. The van der Waals surface area contributed by atoms with Gasteiger partial charge in [0.05, 0.1) is 0 Å². The first kappa shape index (κ1) is 34.9. The number of hydrogen-bond donors (Lipinski definition) is 4. The number of carbonyl (C=O) groups excluding carboxylic acids is 5. The van der Waals surface area contributed by atoms with Gasteiger partial charge in [-0.2, -0.15) is 0 Å². The Morgan fingerprint density at radius 3 is 1.43 bits per heavy atom. The predicted octanol–water partition coefficient (Wildman–Crippen LogP) is 2.80. The van der Waals surface area contributed by atoms with E-state index in [1.54, 1.807) is 65.8 Å². The van der Waals surface area contributed by atoms with Crippen molar-refractivity contribution in [1.29, 1.82) is 0 Å². The lowest BCUT2D eigenvalue weighted by Crippen LogP contribution is -2.41. The average molecular weight is 676 g/mol. The number of halogens is 1. The maximum atomic E-state index is 13.1. The maximum Gasteiger partial charge on any atom is 0.407 e. The fourth-order valence-electron chi connectivity index (χ4n) is 3.10. The summed E-state index contributed by atoms with van der Waals surface area (Å²) < 4.78 is 11.3. The van der Waals surface area contributed by atoms with Crippen LogP contribution < -0.4 is 21.3 Å². The van der Waals surface area contributed by atoms with Crippen LogP contribution >= 0.6 is 22.6 Å². The zero-order valence-corrected chi connectivity index (χ0v) is 26.3. The lowest BCUT2D eigenvalue weighted by atomic mass is 10.2. The molecular weight excluding hydrogens is 633 g/mol. The number of nitrogens with zero attached hydrogens (tertiary/aromatic N) is 1. The molecule has 0 saturated heterocycles. The molecule has 1 aromatic carbocycles. The van der Waals surface area contributed by atoms with Gasteiger partial charge >= 0.3 is 12.2 Å². The number of rotatable bonds is 13.